The molecule has 1 amide bonds. The Kier molecular flexibility index (Phi) is 6.21. The van der Waals surface area contributed by atoms with E-state index in [1.54, 1.807) is 25.4 Å². The monoisotopic (exact) mass is 448 g/mol. The Hall–Kier alpha value is -3.46. The number of pyridine rings is 1. The van der Waals surface area contributed by atoms with Crippen LogP contribution >= 0.6 is 0 Å². The van der Waals surface area contributed by atoms with Gasteiger partial charge in [0.25, 0.3) is 5.91 Å². The Morgan fingerprint density at radius 3 is 2.85 bits per heavy atom. The quantitative estimate of drug-likeness (QED) is 0.655. The van der Waals surface area contributed by atoms with Crippen molar-refractivity contribution >= 4 is 23.4 Å². The minimum absolute atomic E-state index is 0.273. The standard InChI is InChI=1S/C24H28N6O3/c1-32-21-19(33-15-5-13-29-11-2-3-12-29)8-7-18-20(21)27-24(30-14-10-26-22(18)30)28-23(31)17-6-4-9-25-16-17/h4,6-9,16H,2-3,5,10-15H2,1H3,(H,27,28,31). The molecule has 9 heteroatoms. The van der Waals surface area contributed by atoms with Crippen molar-refractivity contribution in [2.45, 2.75) is 19.3 Å². The van der Waals surface area contributed by atoms with Gasteiger partial charge in [-0.05, 0) is 56.6 Å². The third kappa shape index (κ3) is 4.41. The number of aromatic nitrogens is 1. The molecule has 1 aromatic carbocycles. The summed E-state index contributed by atoms with van der Waals surface area (Å²) in [7, 11) is 1.61. The Morgan fingerprint density at radius 1 is 1.18 bits per heavy atom. The molecule has 1 fully saturated rings. The lowest BCUT2D eigenvalue weighted by Gasteiger charge is -2.28. The molecule has 33 heavy (non-hydrogen) atoms. The first kappa shape index (κ1) is 21.4. The van der Waals surface area contributed by atoms with Crippen LogP contribution in [0.4, 0.5) is 5.69 Å². The summed E-state index contributed by atoms with van der Waals surface area (Å²) in [6, 6.07) is 7.33. The molecule has 3 aliphatic rings. The molecule has 2 aromatic rings. The second-order valence-corrected chi connectivity index (χ2v) is 8.23. The summed E-state index contributed by atoms with van der Waals surface area (Å²) in [5.41, 5.74) is 1.95. The summed E-state index contributed by atoms with van der Waals surface area (Å²) >= 11 is 0. The van der Waals surface area contributed by atoms with Crippen LogP contribution in [0.25, 0.3) is 0 Å². The van der Waals surface area contributed by atoms with E-state index in [1.165, 1.54) is 32.1 Å². The van der Waals surface area contributed by atoms with Gasteiger partial charge in [0.15, 0.2) is 11.5 Å². The number of amidine groups is 1. The summed E-state index contributed by atoms with van der Waals surface area (Å²) in [6.45, 7) is 5.30. The van der Waals surface area contributed by atoms with Crippen molar-refractivity contribution in [3.05, 3.63) is 47.8 Å². The number of hydrogen-bond donors (Lipinski definition) is 1. The highest BCUT2D eigenvalue weighted by Gasteiger charge is 2.33. The van der Waals surface area contributed by atoms with Gasteiger partial charge >= 0.3 is 0 Å². The van der Waals surface area contributed by atoms with E-state index in [0.29, 0.717) is 48.4 Å². The largest absolute Gasteiger partial charge is 0.491 e. The molecular formula is C24H28N6O3. The predicted octanol–water partition coefficient (Wildman–Crippen LogP) is 2.45. The van der Waals surface area contributed by atoms with Crippen LogP contribution in [0.3, 0.4) is 0 Å². The van der Waals surface area contributed by atoms with Crippen molar-refractivity contribution in [3.63, 3.8) is 0 Å². The van der Waals surface area contributed by atoms with E-state index >= 15 is 0 Å². The number of fused-ring (bicyclic) bond motifs is 3. The third-order valence-electron chi connectivity index (χ3n) is 6.08. The number of carbonyl (C=O) groups excluding carboxylic acids is 1. The van der Waals surface area contributed by atoms with Gasteiger partial charge < -0.3 is 14.4 Å². The van der Waals surface area contributed by atoms with Crippen molar-refractivity contribution < 1.29 is 14.3 Å². The van der Waals surface area contributed by atoms with Crippen LogP contribution in [0.15, 0.2) is 46.6 Å². The lowest BCUT2D eigenvalue weighted by atomic mass is 10.1. The fraction of sp³-hybridized carbons (Fsp3) is 0.417. The molecule has 0 unspecified atom stereocenters. The maximum Gasteiger partial charge on any atom is 0.259 e. The number of carbonyl (C=O) groups is 1. The van der Waals surface area contributed by atoms with Crippen LogP contribution in [-0.4, -0.2) is 78.9 Å². The zero-order chi connectivity index (χ0) is 22.6. The fourth-order valence-corrected chi connectivity index (χ4v) is 4.45. The molecule has 4 heterocycles. The first-order valence-electron chi connectivity index (χ1n) is 11.4. The van der Waals surface area contributed by atoms with Crippen molar-refractivity contribution in [1.29, 1.82) is 0 Å². The number of amides is 1. The van der Waals surface area contributed by atoms with E-state index in [9.17, 15) is 4.79 Å². The smallest absolute Gasteiger partial charge is 0.259 e. The highest BCUT2D eigenvalue weighted by Crippen LogP contribution is 2.43. The normalized spacial score (nSPS) is 17.2. The molecule has 1 N–H and O–H groups in total. The summed E-state index contributed by atoms with van der Waals surface area (Å²) in [6.07, 6.45) is 6.70. The predicted molar refractivity (Wildman–Crippen MR) is 126 cm³/mol. The van der Waals surface area contributed by atoms with Crippen LogP contribution in [-0.2, 0) is 0 Å². The van der Waals surface area contributed by atoms with Crippen LogP contribution in [0, 0.1) is 0 Å². The van der Waals surface area contributed by atoms with Crippen molar-refractivity contribution in [3.8, 4) is 11.5 Å². The van der Waals surface area contributed by atoms with E-state index in [2.05, 4.69) is 20.2 Å². The number of likely N-dealkylation sites (tertiary alicyclic amines) is 1. The second kappa shape index (κ2) is 9.58. The lowest BCUT2D eigenvalue weighted by molar-refractivity contribution is 0.0973. The molecule has 9 nitrogen and oxygen atoms in total. The summed E-state index contributed by atoms with van der Waals surface area (Å²) in [5, 5.41) is 2.92. The van der Waals surface area contributed by atoms with Gasteiger partial charge in [-0.25, -0.2) is 4.99 Å². The minimum atomic E-state index is -0.273. The highest BCUT2D eigenvalue weighted by atomic mass is 16.5. The van der Waals surface area contributed by atoms with Gasteiger partial charge in [-0.3, -0.25) is 25.0 Å². The zero-order valence-corrected chi connectivity index (χ0v) is 18.8. The molecule has 0 saturated carbocycles. The van der Waals surface area contributed by atoms with Crippen LogP contribution in [0.5, 0.6) is 11.5 Å². The molecule has 5 rings (SSSR count). The molecule has 172 valence electrons. The number of aliphatic imine (C=N–C) groups is 2. The summed E-state index contributed by atoms with van der Waals surface area (Å²) in [4.78, 5) is 30.6. The fourth-order valence-electron chi connectivity index (χ4n) is 4.45. The van der Waals surface area contributed by atoms with Gasteiger partial charge in [0.2, 0.25) is 5.96 Å². The van der Waals surface area contributed by atoms with Gasteiger partial charge in [0.1, 0.15) is 11.5 Å². The van der Waals surface area contributed by atoms with E-state index in [1.807, 2.05) is 17.0 Å². The number of nitrogens with one attached hydrogen (secondary N) is 1. The summed E-state index contributed by atoms with van der Waals surface area (Å²) < 4.78 is 11.8. The lowest BCUT2D eigenvalue weighted by Crippen LogP contribution is -2.47. The molecule has 0 atom stereocenters. The van der Waals surface area contributed by atoms with E-state index in [-0.39, 0.29) is 5.91 Å². The van der Waals surface area contributed by atoms with Crippen molar-refractivity contribution in [2.75, 3.05) is 46.4 Å². The number of ether oxygens (including phenoxy) is 2. The molecule has 1 saturated heterocycles. The van der Waals surface area contributed by atoms with Gasteiger partial charge in [0.05, 0.1) is 25.8 Å². The first-order valence-corrected chi connectivity index (χ1v) is 11.4. The molecular weight excluding hydrogens is 420 g/mol. The SMILES string of the molecule is COc1c(OCCCN2CCCC2)ccc2c1N=C(NC(=O)c1cccnc1)N1CCN=C21. The first-order chi connectivity index (χ1) is 16.2. The van der Waals surface area contributed by atoms with Crippen LogP contribution in [0.2, 0.25) is 0 Å². The van der Waals surface area contributed by atoms with Crippen LogP contribution < -0.4 is 14.8 Å². The Morgan fingerprint density at radius 2 is 2.06 bits per heavy atom. The van der Waals surface area contributed by atoms with E-state index < -0.39 is 0 Å². The van der Waals surface area contributed by atoms with Gasteiger partial charge in [-0.2, -0.15) is 0 Å². The molecule has 0 radical (unpaired) electrons. The number of benzene rings is 1. The number of methoxy groups -OCH3 is 1. The van der Waals surface area contributed by atoms with E-state index in [0.717, 1.165) is 24.4 Å². The second-order valence-electron chi connectivity index (χ2n) is 8.23. The van der Waals surface area contributed by atoms with Crippen molar-refractivity contribution in [2.24, 2.45) is 9.98 Å². The van der Waals surface area contributed by atoms with Gasteiger partial charge in [0, 0.05) is 31.0 Å². The maximum atomic E-state index is 12.8. The molecule has 1 aromatic heterocycles. The number of nitrogens with zero attached hydrogens (tertiary/aromatic N) is 5. The molecule has 0 spiro atoms. The van der Waals surface area contributed by atoms with E-state index in [4.69, 9.17) is 14.5 Å². The van der Waals surface area contributed by atoms with Gasteiger partial charge in [-0.1, -0.05) is 0 Å². The highest BCUT2D eigenvalue weighted by molar-refractivity contribution is 6.20. The van der Waals surface area contributed by atoms with Crippen LogP contribution in [0.1, 0.15) is 35.2 Å². The third-order valence-corrected chi connectivity index (χ3v) is 6.08. The summed E-state index contributed by atoms with van der Waals surface area (Å²) in [5.74, 6) is 2.13. The minimum Gasteiger partial charge on any atom is -0.491 e. The van der Waals surface area contributed by atoms with Gasteiger partial charge in [-0.15, -0.1) is 0 Å². The molecule has 0 bridgehead atoms. The number of hydrogen-bond acceptors (Lipinski definition) is 8. The Bertz CT molecular complexity index is 1080. The Balaban J connectivity index is 1.38. The average molecular weight is 449 g/mol. The molecule has 3 aliphatic heterocycles. The topological polar surface area (TPSA) is 91.7 Å². The zero-order valence-electron chi connectivity index (χ0n) is 18.8. The Labute approximate surface area is 193 Å². The number of guanidine groups is 1. The van der Waals surface area contributed by atoms with Crippen molar-refractivity contribution in [1.82, 2.24) is 20.1 Å². The average Bonchev–Trinajstić information content (AvgIpc) is 3.55. The maximum absolute atomic E-state index is 12.8. The molecule has 0 aliphatic carbocycles. The number of rotatable bonds is 7.